The summed E-state index contributed by atoms with van der Waals surface area (Å²) in [6.45, 7) is 2.74. The molecule has 0 aromatic carbocycles. The van der Waals surface area contributed by atoms with Gasteiger partial charge < -0.3 is 15.0 Å². The molecule has 0 bridgehead atoms. The Morgan fingerprint density at radius 3 is 3.05 bits per heavy atom. The molecule has 7 heteroatoms. The van der Waals surface area contributed by atoms with Crippen molar-refractivity contribution in [1.29, 1.82) is 0 Å². The number of hydrogen-bond acceptors (Lipinski definition) is 5. The van der Waals surface area contributed by atoms with Crippen molar-refractivity contribution in [3.05, 3.63) is 21.6 Å². The van der Waals surface area contributed by atoms with Gasteiger partial charge in [0.2, 0.25) is 0 Å². The highest BCUT2D eigenvalue weighted by Gasteiger charge is 2.21. The van der Waals surface area contributed by atoms with Crippen LogP contribution in [0.15, 0.2) is 11.0 Å². The van der Waals surface area contributed by atoms with E-state index >= 15 is 0 Å². The van der Waals surface area contributed by atoms with Crippen LogP contribution in [0.4, 0.5) is 5.69 Å². The van der Waals surface area contributed by atoms with Gasteiger partial charge in [-0.3, -0.25) is 4.79 Å². The molecule has 1 unspecified atom stereocenters. The average Bonchev–Trinajstić information content (AvgIpc) is 2.85. The maximum Gasteiger partial charge on any atom is 0.287 e. The summed E-state index contributed by atoms with van der Waals surface area (Å²) in [7, 11) is 3.70. The molecule has 1 N–H and O–H groups in total. The summed E-state index contributed by atoms with van der Waals surface area (Å²) in [6, 6.07) is 0.488. The van der Waals surface area contributed by atoms with E-state index in [2.05, 4.69) is 22.4 Å². The van der Waals surface area contributed by atoms with Crippen LogP contribution in [0.2, 0.25) is 5.02 Å². The van der Waals surface area contributed by atoms with Crippen molar-refractivity contribution in [3.63, 3.8) is 0 Å². The highest BCUT2D eigenvalue weighted by atomic mass is 35.5. The van der Waals surface area contributed by atoms with Gasteiger partial charge in [0.25, 0.3) is 5.56 Å². The van der Waals surface area contributed by atoms with E-state index in [0.29, 0.717) is 24.9 Å². The summed E-state index contributed by atoms with van der Waals surface area (Å²) < 4.78 is 6.25. The van der Waals surface area contributed by atoms with Gasteiger partial charge in [-0.25, -0.2) is 4.68 Å². The number of hydrogen-bond donors (Lipinski definition) is 1. The van der Waals surface area contributed by atoms with E-state index in [4.69, 9.17) is 16.3 Å². The summed E-state index contributed by atoms with van der Waals surface area (Å²) in [4.78, 5) is 14.3. The van der Waals surface area contributed by atoms with Crippen LogP contribution >= 0.6 is 11.6 Å². The van der Waals surface area contributed by atoms with Crippen LogP contribution in [0, 0.1) is 0 Å². The fraction of sp³-hybridized carbons (Fsp3) is 0.692. The largest absolute Gasteiger partial charge is 0.383 e. The maximum absolute atomic E-state index is 12.0. The second-order valence-corrected chi connectivity index (χ2v) is 5.43. The number of halogens is 1. The molecule has 112 valence electrons. The van der Waals surface area contributed by atoms with Gasteiger partial charge in [0.05, 0.1) is 25.0 Å². The topological polar surface area (TPSA) is 59.4 Å². The third-order valence-corrected chi connectivity index (χ3v) is 4.06. The molecule has 1 aromatic rings. The zero-order valence-electron chi connectivity index (χ0n) is 11.9. The smallest absolute Gasteiger partial charge is 0.287 e. The molecule has 2 heterocycles. The Hall–Kier alpha value is -1.11. The van der Waals surface area contributed by atoms with E-state index < -0.39 is 0 Å². The Balaban J connectivity index is 2.01. The molecular weight excluding hydrogens is 280 g/mol. The summed E-state index contributed by atoms with van der Waals surface area (Å²) in [5, 5.41) is 7.52. The number of anilines is 1. The summed E-state index contributed by atoms with van der Waals surface area (Å²) >= 11 is 6.11. The van der Waals surface area contributed by atoms with Crippen molar-refractivity contribution in [2.75, 3.05) is 39.2 Å². The first kappa shape index (κ1) is 15.3. The van der Waals surface area contributed by atoms with E-state index in [1.165, 1.54) is 17.5 Å². The Morgan fingerprint density at radius 1 is 1.60 bits per heavy atom. The predicted molar refractivity (Wildman–Crippen MR) is 79.5 cm³/mol. The first-order chi connectivity index (χ1) is 9.63. The minimum Gasteiger partial charge on any atom is -0.383 e. The van der Waals surface area contributed by atoms with Crippen LogP contribution in [0.1, 0.15) is 12.8 Å². The first-order valence-corrected chi connectivity index (χ1v) is 7.20. The number of methoxy groups -OCH3 is 1. The molecule has 0 spiro atoms. The fourth-order valence-electron chi connectivity index (χ4n) is 2.39. The van der Waals surface area contributed by atoms with E-state index in [9.17, 15) is 4.79 Å². The zero-order valence-corrected chi connectivity index (χ0v) is 12.7. The number of aromatic nitrogens is 2. The zero-order chi connectivity index (χ0) is 14.5. The molecule has 20 heavy (non-hydrogen) atoms. The Kier molecular flexibility index (Phi) is 5.39. The second kappa shape index (κ2) is 7.06. The average molecular weight is 301 g/mol. The molecule has 0 amide bonds. The molecule has 1 aliphatic rings. The molecule has 6 nitrogen and oxygen atoms in total. The quantitative estimate of drug-likeness (QED) is 0.851. The number of rotatable bonds is 6. The molecule has 1 saturated heterocycles. The van der Waals surface area contributed by atoms with Crippen molar-refractivity contribution in [2.45, 2.75) is 25.4 Å². The minimum absolute atomic E-state index is 0.191. The fourth-order valence-corrected chi connectivity index (χ4v) is 2.60. The minimum atomic E-state index is -0.284. The van der Waals surface area contributed by atoms with E-state index in [-0.39, 0.29) is 10.6 Å². The molecule has 2 rings (SSSR count). The normalized spacial score (nSPS) is 19.4. The third-order valence-electron chi connectivity index (χ3n) is 3.69. The maximum atomic E-state index is 12.0. The van der Waals surface area contributed by atoms with Gasteiger partial charge in [0.1, 0.15) is 5.02 Å². The number of likely N-dealkylation sites (tertiary alicyclic amines) is 1. The molecule has 0 aliphatic carbocycles. The van der Waals surface area contributed by atoms with Gasteiger partial charge in [-0.05, 0) is 26.4 Å². The van der Waals surface area contributed by atoms with Crippen molar-refractivity contribution in [1.82, 2.24) is 14.7 Å². The van der Waals surface area contributed by atoms with Crippen LogP contribution in [-0.2, 0) is 11.3 Å². The van der Waals surface area contributed by atoms with Crippen molar-refractivity contribution < 1.29 is 4.74 Å². The van der Waals surface area contributed by atoms with Crippen molar-refractivity contribution >= 4 is 17.3 Å². The predicted octanol–water partition coefficient (Wildman–Crippen LogP) is 1.05. The number of ether oxygens (including phenoxy) is 1. The molecule has 1 aromatic heterocycles. The van der Waals surface area contributed by atoms with Gasteiger partial charge in [-0.1, -0.05) is 11.6 Å². The standard InChI is InChI=1S/C13H21ClN4O2/c1-17-5-3-4-10(17)8-15-11-9-16-18(6-7-20-2)13(19)12(11)14/h9-10,15H,3-8H2,1-2H3. The van der Waals surface area contributed by atoms with Crippen LogP contribution < -0.4 is 10.9 Å². The summed E-state index contributed by atoms with van der Waals surface area (Å²) in [6.07, 6.45) is 3.99. The van der Waals surface area contributed by atoms with Gasteiger partial charge in [-0.2, -0.15) is 5.10 Å². The lowest BCUT2D eigenvalue weighted by Gasteiger charge is -2.20. The van der Waals surface area contributed by atoms with Crippen molar-refractivity contribution in [2.24, 2.45) is 0 Å². The Labute approximate surface area is 123 Å². The number of nitrogens with one attached hydrogen (secondary N) is 1. The van der Waals surface area contributed by atoms with Crippen LogP contribution in [0.25, 0.3) is 0 Å². The SMILES string of the molecule is COCCn1ncc(NCC2CCCN2C)c(Cl)c1=O. The van der Waals surface area contributed by atoms with Gasteiger partial charge >= 0.3 is 0 Å². The van der Waals surface area contributed by atoms with Crippen LogP contribution in [0.3, 0.4) is 0 Å². The Morgan fingerprint density at radius 2 is 2.40 bits per heavy atom. The van der Waals surface area contributed by atoms with E-state index in [1.807, 2.05) is 0 Å². The van der Waals surface area contributed by atoms with E-state index in [0.717, 1.165) is 13.1 Å². The molecule has 0 radical (unpaired) electrons. The highest BCUT2D eigenvalue weighted by molar-refractivity contribution is 6.32. The van der Waals surface area contributed by atoms with Crippen LogP contribution in [0.5, 0.6) is 0 Å². The number of nitrogens with zero attached hydrogens (tertiary/aromatic N) is 3. The summed E-state index contributed by atoms with van der Waals surface area (Å²) in [5.74, 6) is 0. The van der Waals surface area contributed by atoms with Crippen molar-refractivity contribution in [3.8, 4) is 0 Å². The lowest BCUT2D eigenvalue weighted by molar-refractivity contribution is 0.182. The second-order valence-electron chi connectivity index (χ2n) is 5.05. The molecule has 1 fully saturated rings. The van der Waals surface area contributed by atoms with Crippen LogP contribution in [-0.4, -0.2) is 54.6 Å². The lowest BCUT2D eigenvalue weighted by Crippen LogP contribution is -2.32. The number of likely N-dealkylation sites (N-methyl/N-ethyl adjacent to an activating group) is 1. The highest BCUT2D eigenvalue weighted by Crippen LogP contribution is 2.18. The van der Waals surface area contributed by atoms with E-state index in [1.54, 1.807) is 13.3 Å². The third kappa shape index (κ3) is 3.50. The van der Waals surface area contributed by atoms with Gasteiger partial charge in [0.15, 0.2) is 0 Å². The van der Waals surface area contributed by atoms with Gasteiger partial charge in [0, 0.05) is 19.7 Å². The lowest BCUT2D eigenvalue weighted by atomic mass is 10.2. The van der Waals surface area contributed by atoms with Gasteiger partial charge in [-0.15, -0.1) is 0 Å². The molecule has 1 atom stereocenters. The molecular formula is C13H21ClN4O2. The summed E-state index contributed by atoms with van der Waals surface area (Å²) in [5.41, 5.74) is 0.319. The molecule has 0 saturated carbocycles. The monoisotopic (exact) mass is 300 g/mol. The first-order valence-electron chi connectivity index (χ1n) is 6.82. The Bertz CT molecular complexity index is 506. The molecule has 1 aliphatic heterocycles.